The molecule has 3 aliphatic heterocycles. The molecule has 3 aromatic heterocycles. The molecule has 2 atom stereocenters. The Hall–Kier alpha value is -7.35. The number of hydrogen-bond donors (Lipinski definition) is 4. The molecule has 1 aliphatic carbocycles. The molecule has 1 saturated carbocycles. The van der Waals surface area contributed by atoms with Gasteiger partial charge in [-0.25, -0.2) is 14.5 Å². The summed E-state index contributed by atoms with van der Waals surface area (Å²) in [5.74, 6) is -3.22. The van der Waals surface area contributed by atoms with Crippen molar-refractivity contribution in [1.82, 2.24) is 45.4 Å². The lowest BCUT2D eigenvalue weighted by Crippen LogP contribution is -2.49. The van der Waals surface area contributed by atoms with Crippen molar-refractivity contribution in [2.24, 2.45) is 17.8 Å². The Balaban J connectivity index is 0.543. The lowest BCUT2D eigenvalue weighted by molar-refractivity contribution is -0.189. The number of cyclic esters (lactones) is 1. The van der Waals surface area contributed by atoms with Gasteiger partial charge < -0.3 is 77.7 Å². The average Bonchev–Trinajstić information content (AvgIpc) is 1.66. The van der Waals surface area contributed by atoms with Crippen molar-refractivity contribution in [3.05, 3.63) is 68.8 Å². The summed E-state index contributed by atoms with van der Waals surface area (Å²) in [7, 11) is 0. The number of phenols is 1. The van der Waals surface area contributed by atoms with Gasteiger partial charge in [0.25, 0.3) is 5.56 Å². The van der Waals surface area contributed by atoms with Gasteiger partial charge in [-0.3, -0.25) is 38.5 Å². The molecule has 1 aromatic carbocycles. The van der Waals surface area contributed by atoms with E-state index in [1.165, 1.54) is 11.0 Å². The third-order valence-electron chi connectivity index (χ3n) is 16.1. The number of fused-ring (bicyclic) bond motifs is 5. The maximum atomic E-state index is 14.0. The van der Waals surface area contributed by atoms with Crippen LogP contribution in [0, 0.1) is 17.8 Å². The summed E-state index contributed by atoms with van der Waals surface area (Å²) in [5.41, 5.74) is 1.97. The van der Waals surface area contributed by atoms with Crippen molar-refractivity contribution in [3.8, 4) is 17.1 Å². The topological polar surface area (TPSA) is 346 Å². The Labute approximate surface area is 526 Å². The summed E-state index contributed by atoms with van der Waals surface area (Å²) in [6.45, 7) is 11.3. The first-order chi connectivity index (χ1) is 44.2. The summed E-state index contributed by atoms with van der Waals surface area (Å²) in [6, 6.07) is 6.53. The SMILES string of the molecule is CCc1c2c(nc3ccc(O)cc13)-c1cc3c(c(=O)n1C2)COC(=O)[C@@]3(CC)OC(=O)CNC(=O)COCC(=O)NCCOCCOCCOCCOCCOCCOCCOCCOCCn1cc(CNC(=O)C2CCC(CN3C(=O)CC(C)C3=O)CC2)nn1. The van der Waals surface area contributed by atoms with E-state index in [0.717, 1.165) is 42.2 Å². The number of rotatable bonds is 41. The molecule has 91 heavy (non-hydrogen) atoms. The van der Waals surface area contributed by atoms with Crippen LogP contribution in [0.5, 0.6) is 5.75 Å². The molecule has 0 bridgehead atoms. The molecule has 8 rings (SSSR count). The number of esters is 2. The van der Waals surface area contributed by atoms with Gasteiger partial charge in [0.05, 0.1) is 154 Å². The molecule has 6 heterocycles. The molecule has 4 aliphatic rings. The van der Waals surface area contributed by atoms with Gasteiger partial charge >= 0.3 is 11.9 Å². The van der Waals surface area contributed by atoms with Crippen LogP contribution in [-0.4, -0.2) is 215 Å². The Morgan fingerprint density at radius 3 is 1.92 bits per heavy atom. The number of carbonyl (C=O) groups is 7. The van der Waals surface area contributed by atoms with E-state index in [4.69, 9.17) is 57.1 Å². The van der Waals surface area contributed by atoms with Crippen LogP contribution in [0.15, 0.2) is 35.3 Å². The van der Waals surface area contributed by atoms with E-state index < -0.39 is 54.7 Å². The Morgan fingerprint density at radius 2 is 1.33 bits per heavy atom. The number of aryl methyl sites for hydroxylation is 1. The van der Waals surface area contributed by atoms with Crippen LogP contribution in [0.1, 0.15) is 87.2 Å². The normalized spacial score (nSPS) is 18.5. The summed E-state index contributed by atoms with van der Waals surface area (Å²) in [4.78, 5) is 109. The Bertz CT molecular complexity index is 3190. The second-order valence-corrected chi connectivity index (χ2v) is 22.4. The standard InChI is InChI=1S/C62H85N9O20/c1-4-46-47-31-45(72)10-11-51(47)66-57-48(46)37-70-52(57)32-50-49(60(70)79)38-90-61(80)62(50,5-2)91-56(76)34-64-54(74)40-89-39-53(73)63-12-14-81-16-18-83-20-22-85-24-26-87-28-29-88-27-25-86-23-21-84-19-17-82-15-13-69-36-44(67-68-69)33-65-58(77)43-8-6-42(7-9-43)35-71-55(75)30-41(3)59(71)78/h10-11,31-32,36,41-43,72H,4-9,12-30,33-35,37-40H2,1-3H3,(H,63,73)(H,64,74)(H,65,77)/t41?,42?,43?,62-/m0/s1. The summed E-state index contributed by atoms with van der Waals surface area (Å²) >= 11 is 0. The van der Waals surface area contributed by atoms with E-state index in [1.807, 2.05) is 6.92 Å². The van der Waals surface area contributed by atoms with Crippen LogP contribution in [-0.2, 0) is 124 Å². The minimum absolute atomic E-state index is 0.0149. The van der Waals surface area contributed by atoms with Crippen LogP contribution >= 0.6 is 0 Å². The van der Waals surface area contributed by atoms with Gasteiger partial charge in [-0.1, -0.05) is 26.0 Å². The number of benzene rings is 1. The molecular formula is C62H85N9O20. The molecule has 1 unspecified atom stereocenters. The largest absolute Gasteiger partial charge is 0.508 e. The van der Waals surface area contributed by atoms with E-state index in [0.29, 0.717) is 141 Å². The average molecular weight is 1280 g/mol. The zero-order chi connectivity index (χ0) is 64.5. The Kier molecular flexibility index (Phi) is 27.1. The van der Waals surface area contributed by atoms with E-state index in [1.54, 1.807) is 47.5 Å². The first-order valence-electron chi connectivity index (χ1n) is 31.2. The third-order valence-corrected chi connectivity index (χ3v) is 16.1. The maximum absolute atomic E-state index is 14.0. The number of aromatic hydroxyl groups is 1. The Morgan fingerprint density at radius 1 is 0.725 bits per heavy atom. The van der Waals surface area contributed by atoms with Crippen LogP contribution < -0.4 is 21.5 Å². The number of likely N-dealkylation sites (tertiary alicyclic amines) is 1. The fraction of sp³-hybridized carbons (Fsp3) is 0.629. The van der Waals surface area contributed by atoms with Gasteiger partial charge in [-0.2, -0.15) is 0 Å². The molecule has 4 aromatic rings. The lowest BCUT2D eigenvalue weighted by Gasteiger charge is -2.35. The third kappa shape index (κ3) is 19.6. The lowest BCUT2D eigenvalue weighted by atomic mass is 9.81. The minimum Gasteiger partial charge on any atom is -0.508 e. The smallest absolute Gasteiger partial charge is 0.355 e. The number of ether oxygens (including phenoxy) is 11. The highest BCUT2D eigenvalue weighted by Gasteiger charge is 2.50. The van der Waals surface area contributed by atoms with Crippen molar-refractivity contribution in [2.75, 3.05) is 139 Å². The van der Waals surface area contributed by atoms with E-state index in [-0.39, 0.29) is 98.0 Å². The van der Waals surface area contributed by atoms with Crippen LogP contribution in [0.3, 0.4) is 0 Å². The quantitative estimate of drug-likeness (QED) is 0.0244. The molecule has 4 N–H and O–H groups in total. The zero-order valence-corrected chi connectivity index (χ0v) is 52.1. The zero-order valence-electron chi connectivity index (χ0n) is 52.1. The highest BCUT2D eigenvalue weighted by molar-refractivity contribution is 6.03. The predicted molar refractivity (Wildman–Crippen MR) is 321 cm³/mol. The molecule has 0 radical (unpaired) electrons. The van der Waals surface area contributed by atoms with E-state index >= 15 is 0 Å². The van der Waals surface area contributed by atoms with Crippen molar-refractivity contribution >= 4 is 52.4 Å². The molecular weight excluding hydrogens is 1190 g/mol. The van der Waals surface area contributed by atoms with Crippen molar-refractivity contribution in [1.29, 1.82) is 0 Å². The number of carbonyl (C=O) groups excluding carboxylic acids is 7. The first kappa shape index (κ1) is 69.5. The minimum atomic E-state index is -1.98. The van der Waals surface area contributed by atoms with Crippen LogP contribution in [0.2, 0.25) is 0 Å². The predicted octanol–water partition coefficient (Wildman–Crippen LogP) is 1.39. The number of nitrogens with one attached hydrogen (secondary N) is 3. The van der Waals surface area contributed by atoms with E-state index in [2.05, 4.69) is 26.3 Å². The van der Waals surface area contributed by atoms with Gasteiger partial charge in [0.1, 0.15) is 37.8 Å². The van der Waals surface area contributed by atoms with Crippen molar-refractivity contribution in [2.45, 2.75) is 97.6 Å². The second kappa shape index (κ2) is 35.5. The highest BCUT2D eigenvalue weighted by atomic mass is 16.6. The highest BCUT2D eigenvalue weighted by Crippen LogP contribution is 2.42. The summed E-state index contributed by atoms with van der Waals surface area (Å²) < 4.78 is 63.9. The van der Waals surface area contributed by atoms with Gasteiger partial charge in [0.15, 0.2) is 0 Å². The summed E-state index contributed by atoms with van der Waals surface area (Å²) in [6.07, 6.45) is 5.68. The number of hydrogen-bond acceptors (Lipinski definition) is 23. The summed E-state index contributed by atoms with van der Waals surface area (Å²) in [5, 5.41) is 27.2. The maximum Gasteiger partial charge on any atom is 0.355 e. The number of pyridine rings is 2. The fourth-order valence-corrected chi connectivity index (χ4v) is 11.3. The fourth-order valence-electron chi connectivity index (χ4n) is 11.3. The molecule has 0 spiro atoms. The van der Waals surface area contributed by atoms with Crippen molar-refractivity contribution in [3.63, 3.8) is 0 Å². The van der Waals surface area contributed by atoms with E-state index in [9.17, 15) is 43.5 Å². The van der Waals surface area contributed by atoms with Gasteiger partial charge in [-0.05, 0) is 74.3 Å². The van der Waals surface area contributed by atoms with Gasteiger partial charge in [0, 0.05) is 47.9 Å². The molecule has 498 valence electrons. The van der Waals surface area contributed by atoms with Gasteiger partial charge in [0.2, 0.25) is 35.1 Å². The van der Waals surface area contributed by atoms with Crippen LogP contribution in [0.25, 0.3) is 22.3 Å². The monoisotopic (exact) mass is 1280 g/mol. The molecule has 5 amide bonds. The number of aromatic nitrogens is 5. The molecule has 1 saturated heterocycles. The molecule has 29 nitrogen and oxygen atoms in total. The molecule has 29 heteroatoms. The van der Waals surface area contributed by atoms with Gasteiger partial charge in [-0.15, -0.1) is 5.10 Å². The second-order valence-electron chi connectivity index (χ2n) is 22.4. The first-order valence-corrected chi connectivity index (χ1v) is 31.2. The number of phenolic OH excluding ortho intramolecular Hbond substituents is 1. The number of nitrogens with zero attached hydrogens (tertiary/aromatic N) is 6. The number of amides is 5. The number of imide groups is 1. The van der Waals surface area contributed by atoms with Crippen molar-refractivity contribution < 1.29 is 90.8 Å². The molecule has 2 fully saturated rings. The van der Waals surface area contributed by atoms with Crippen LogP contribution in [0.4, 0.5) is 0 Å².